The van der Waals surface area contributed by atoms with Crippen molar-refractivity contribution < 1.29 is 9.59 Å². The van der Waals surface area contributed by atoms with E-state index < -0.39 is 0 Å². The smallest absolute Gasteiger partial charge is 0.226 e. The number of nitrogens with one attached hydrogen (secondary N) is 2. The largest absolute Gasteiger partial charge is 0.355 e. The molecule has 0 spiro atoms. The summed E-state index contributed by atoms with van der Waals surface area (Å²) in [5.41, 5.74) is 1.22. The standard InChI is InChI=1S/C23H27ClN4O2/c24-19-11-18(2-3-20(19)28-7-1-5-26-28)27-21(29)4-6-25-22(30)23-12-15-8-16(13-23)10-17(9-15)14-23/h1-3,5,7,11,15-17H,4,6,8-10,12-14H2,(H,25,30)(H,27,29). The number of carbonyl (C=O) groups is 2. The third kappa shape index (κ3) is 3.73. The van der Waals surface area contributed by atoms with Crippen LogP contribution in [0.2, 0.25) is 5.02 Å². The van der Waals surface area contributed by atoms with Crippen LogP contribution in [0, 0.1) is 23.2 Å². The maximum atomic E-state index is 13.0. The van der Waals surface area contributed by atoms with E-state index in [1.807, 2.05) is 18.3 Å². The van der Waals surface area contributed by atoms with Crippen LogP contribution in [0.1, 0.15) is 44.9 Å². The number of anilines is 1. The molecule has 1 heterocycles. The number of nitrogens with zero attached hydrogens (tertiary/aromatic N) is 2. The highest BCUT2D eigenvalue weighted by molar-refractivity contribution is 6.32. The third-order valence-corrected chi connectivity index (χ3v) is 7.44. The molecule has 4 fully saturated rings. The van der Waals surface area contributed by atoms with Crippen LogP contribution in [0.3, 0.4) is 0 Å². The predicted octanol–water partition coefficient (Wildman–Crippen LogP) is 4.19. The van der Waals surface area contributed by atoms with Crippen LogP contribution in [0.25, 0.3) is 5.69 Å². The highest BCUT2D eigenvalue weighted by atomic mass is 35.5. The first kappa shape index (κ1) is 19.6. The summed E-state index contributed by atoms with van der Waals surface area (Å²) in [6.45, 7) is 0.367. The average molecular weight is 427 g/mol. The highest BCUT2D eigenvalue weighted by Gasteiger charge is 2.54. The molecule has 4 saturated carbocycles. The number of amides is 2. The summed E-state index contributed by atoms with van der Waals surface area (Å²) in [6.07, 6.45) is 10.8. The Morgan fingerprint density at radius 1 is 1.13 bits per heavy atom. The molecule has 0 atom stereocenters. The molecular weight excluding hydrogens is 400 g/mol. The summed E-state index contributed by atoms with van der Waals surface area (Å²) >= 11 is 6.33. The van der Waals surface area contributed by atoms with Crippen molar-refractivity contribution in [3.8, 4) is 5.69 Å². The Morgan fingerprint density at radius 2 is 1.83 bits per heavy atom. The van der Waals surface area contributed by atoms with Crippen LogP contribution in [-0.4, -0.2) is 28.1 Å². The van der Waals surface area contributed by atoms with E-state index in [0.717, 1.165) is 42.7 Å². The van der Waals surface area contributed by atoms with Crippen molar-refractivity contribution in [3.05, 3.63) is 41.7 Å². The van der Waals surface area contributed by atoms with Gasteiger partial charge in [0.1, 0.15) is 0 Å². The van der Waals surface area contributed by atoms with E-state index in [1.54, 1.807) is 23.0 Å². The predicted molar refractivity (Wildman–Crippen MR) is 115 cm³/mol. The second-order valence-corrected chi connectivity index (χ2v) is 9.78. The first-order valence-corrected chi connectivity index (χ1v) is 11.3. The topological polar surface area (TPSA) is 76.0 Å². The minimum atomic E-state index is -0.166. The van der Waals surface area contributed by atoms with E-state index >= 15 is 0 Å². The van der Waals surface area contributed by atoms with Crippen LogP contribution < -0.4 is 10.6 Å². The minimum absolute atomic E-state index is 0.135. The quantitative estimate of drug-likeness (QED) is 0.727. The first-order valence-electron chi connectivity index (χ1n) is 10.9. The van der Waals surface area contributed by atoms with Gasteiger partial charge in [0.25, 0.3) is 0 Å². The van der Waals surface area contributed by atoms with Crippen LogP contribution in [0.15, 0.2) is 36.7 Å². The Hall–Kier alpha value is -2.34. The van der Waals surface area contributed by atoms with Gasteiger partial charge in [-0.1, -0.05) is 11.6 Å². The highest BCUT2D eigenvalue weighted by Crippen LogP contribution is 2.60. The van der Waals surface area contributed by atoms with Crippen LogP contribution in [0.4, 0.5) is 5.69 Å². The van der Waals surface area contributed by atoms with Gasteiger partial charge >= 0.3 is 0 Å². The second-order valence-electron chi connectivity index (χ2n) is 9.37. The van der Waals surface area contributed by atoms with Gasteiger partial charge in [-0.15, -0.1) is 0 Å². The second kappa shape index (κ2) is 7.73. The molecule has 7 heteroatoms. The van der Waals surface area contributed by atoms with Crippen LogP contribution in [-0.2, 0) is 9.59 Å². The zero-order valence-electron chi connectivity index (χ0n) is 16.9. The number of benzene rings is 1. The molecule has 2 amide bonds. The zero-order valence-corrected chi connectivity index (χ0v) is 17.7. The molecule has 4 aliphatic carbocycles. The number of hydrogen-bond donors (Lipinski definition) is 2. The minimum Gasteiger partial charge on any atom is -0.355 e. The molecule has 0 aliphatic heterocycles. The molecule has 1 aromatic carbocycles. The van der Waals surface area contributed by atoms with Crippen LogP contribution in [0.5, 0.6) is 0 Å². The van der Waals surface area contributed by atoms with Gasteiger partial charge in [-0.3, -0.25) is 9.59 Å². The molecule has 2 N–H and O–H groups in total. The van der Waals surface area contributed by atoms with Crippen molar-refractivity contribution >= 4 is 29.1 Å². The summed E-state index contributed by atoms with van der Waals surface area (Å²) in [6, 6.07) is 7.16. The molecule has 2 aromatic rings. The van der Waals surface area contributed by atoms with Crippen molar-refractivity contribution in [3.63, 3.8) is 0 Å². The number of carbonyl (C=O) groups excluding carboxylic acids is 2. The molecule has 158 valence electrons. The molecule has 0 unspecified atom stereocenters. The lowest BCUT2D eigenvalue weighted by Crippen LogP contribution is -2.53. The molecule has 6 rings (SSSR count). The molecule has 4 aliphatic rings. The molecule has 30 heavy (non-hydrogen) atoms. The lowest BCUT2D eigenvalue weighted by atomic mass is 9.49. The van der Waals surface area contributed by atoms with Crippen molar-refractivity contribution in [2.45, 2.75) is 44.9 Å². The molecule has 6 nitrogen and oxygen atoms in total. The van der Waals surface area contributed by atoms with Gasteiger partial charge in [-0.25, -0.2) is 4.68 Å². The number of rotatable bonds is 6. The SMILES string of the molecule is O=C(CCNC(=O)C12CC3CC(CC(C3)C1)C2)Nc1ccc(-n2cccn2)c(Cl)c1. The summed E-state index contributed by atoms with van der Waals surface area (Å²) in [5, 5.41) is 10.6. The third-order valence-electron chi connectivity index (χ3n) is 7.14. The Bertz CT molecular complexity index is 921. The van der Waals surface area contributed by atoms with Gasteiger partial charge in [0.15, 0.2) is 0 Å². The van der Waals surface area contributed by atoms with Gasteiger partial charge in [0.2, 0.25) is 11.8 Å². The maximum absolute atomic E-state index is 13.0. The number of hydrogen-bond acceptors (Lipinski definition) is 3. The Balaban J connectivity index is 1.13. The average Bonchev–Trinajstić information content (AvgIpc) is 3.21. The molecule has 0 saturated heterocycles. The summed E-state index contributed by atoms with van der Waals surface area (Å²) in [7, 11) is 0. The van der Waals surface area contributed by atoms with Gasteiger partial charge in [-0.05, 0) is 80.5 Å². The fourth-order valence-corrected chi connectivity index (χ4v) is 6.54. The van der Waals surface area contributed by atoms with Gasteiger partial charge in [0, 0.05) is 36.5 Å². The monoisotopic (exact) mass is 426 g/mol. The Labute approximate surface area is 181 Å². The molecule has 4 bridgehead atoms. The van der Waals surface area contributed by atoms with E-state index in [0.29, 0.717) is 17.3 Å². The Morgan fingerprint density at radius 3 is 2.43 bits per heavy atom. The summed E-state index contributed by atoms with van der Waals surface area (Å²) < 4.78 is 1.67. The molecule has 0 radical (unpaired) electrons. The van der Waals surface area contributed by atoms with Gasteiger partial charge in [0.05, 0.1) is 10.7 Å². The molecule has 1 aromatic heterocycles. The van der Waals surface area contributed by atoms with Crippen LogP contribution >= 0.6 is 11.6 Å². The number of halogens is 1. The fraction of sp³-hybridized carbons (Fsp3) is 0.522. The maximum Gasteiger partial charge on any atom is 0.226 e. The number of aromatic nitrogens is 2. The Kier molecular flexibility index (Phi) is 5.05. The van der Waals surface area contributed by atoms with E-state index in [-0.39, 0.29) is 23.7 Å². The van der Waals surface area contributed by atoms with Crippen molar-refractivity contribution in [1.82, 2.24) is 15.1 Å². The van der Waals surface area contributed by atoms with Crippen molar-refractivity contribution in [2.75, 3.05) is 11.9 Å². The zero-order chi connectivity index (χ0) is 20.7. The van der Waals surface area contributed by atoms with E-state index in [9.17, 15) is 9.59 Å². The van der Waals surface area contributed by atoms with Crippen molar-refractivity contribution in [2.24, 2.45) is 23.2 Å². The van der Waals surface area contributed by atoms with E-state index in [2.05, 4.69) is 15.7 Å². The lowest BCUT2D eigenvalue weighted by Gasteiger charge is -2.55. The fourth-order valence-electron chi connectivity index (χ4n) is 6.27. The van der Waals surface area contributed by atoms with E-state index in [1.165, 1.54) is 19.3 Å². The lowest BCUT2D eigenvalue weighted by molar-refractivity contribution is -0.146. The summed E-state index contributed by atoms with van der Waals surface area (Å²) in [5.74, 6) is 2.24. The summed E-state index contributed by atoms with van der Waals surface area (Å²) in [4.78, 5) is 25.3. The first-order chi connectivity index (χ1) is 14.5. The van der Waals surface area contributed by atoms with Gasteiger partial charge < -0.3 is 10.6 Å². The van der Waals surface area contributed by atoms with Gasteiger partial charge in [-0.2, -0.15) is 5.10 Å². The normalized spacial score (nSPS) is 29.0. The van der Waals surface area contributed by atoms with E-state index in [4.69, 9.17) is 11.6 Å². The van der Waals surface area contributed by atoms with Crippen molar-refractivity contribution in [1.29, 1.82) is 0 Å². The molecular formula is C23H27ClN4O2.